The van der Waals surface area contributed by atoms with Crippen LogP contribution in [0.3, 0.4) is 0 Å². The third-order valence-corrected chi connectivity index (χ3v) is 2.40. The summed E-state index contributed by atoms with van der Waals surface area (Å²) in [7, 11) is 0. The van der Waals surface area contributed by atoms with Crippen molar-refractivity contribution >= 4 is 0 Å². The Labute approximate surface area is 103 Å². The molecular formula is C15H25N. The minimum absolute atomic E-state index is 0.0457. The molecule has 0 amide bonds. The van der Waals surface area contributed by atoms with Gasteiger partial charge in [0, 0.05) is 14.1 Å². The van der Waals surface area contributed by atoms with Gasteiger partial charge in [0.25, 0.3) is 0 Å². The molecule has 0 unspecified atom stereocenters. The summed E-state index contributed by atoms with van der Waals surface area (Å²) in [5.74, 6) is 0. The minimum Gasteiger partial charge on any atom is -0.258 e. The Morgan fingerprint density at radius 3 is 2.06 bits per heavy atom. The Morgan fingerprint density at radius 1 is 1.12 bits per heavy atom. The van der Waals surface area contributed by atoms with Crippen LogP contribution in [0.2, 0.25) is 0 Å². The number of hydrogen-bond acceptors (Lipinski definition) is 1. The third-order valence-electron chi connectivity index (χ3n) is 2.40. The largest absolute Gasteiger partial charge is 0.258 e. The summed E-state index contributed by atoms with van der Waals surface area (Å²) in [4.78, 5) is 4.50. The van der Waals surface area contributed by atoms with Gasteiger partial charge >= 0.3 is 0 Å². The zero-order valence-corrected chi connectivity index (χ0v) is 11.6. The molecule has 0 aliphatic rings. The zero-order valence-electron chi connectivity index (χ0n) is 13.6. The average Bonchev–Trinajstić information content (AvgIpc) is 2.13. The quantitative estimate of drug-likeness (QED) is 0.690. The van der Waals surface area contributed by atoms with E-state index in [0.717, 1.165) is 5.69 Å². The Bertz CT molecular complexity index is 437. The standard InChI is InChI=1S/C15H25N/c1-11-13(15(5,6)7)9-8-12(16-11)10-14(2,3)4/h8-9H,10H2,1-7H3/i10D2. The molecule has 0 N–H and O–H groups in total. The fraction of sp³-hybridized carbons (Fsp3) is 0.667. The van der Waals surface area contributed by atoms with Crippen molar-refractivity contribution in [1.29, 1.82) is 0 Å². The SMILES string of the molecule is [2H]C([2H])(c1ccc(C(C)(C)C)c(C)n1)C(C)(C)C. The van der Waals surface area contributed by atoms with Crippen LogP contribution in [-0.2, 0) is 11.8 Å². The lowest BCUT2D eigenvalue weighted by Gasteiger charge is -2.23. The molecule has 0 bridgehead atoms. The van der Waals surface area contributed by atoms with Crippen LogP contribution in [0.25, 0.3) is 0 Å². The van der Waals surface area contributed by atoms with E-state index in [-0.39, 0.29) is 5.41 Å². The highest BCUT2D eigenvalue weighted by atomic mass is 14.7. The van der Waals surface area contributed by atoms with Crippen LogP contribution >= 0.6 is 0 Å². The van der Waals surface area contributed by atoms with E-state index in [1.165, 1.54) is 5.56 Å². The van der Waals surface area contributed by atoms with Crippen molar-refractivity contribution in [3.05, 3.63) is 29.1 Å². The summed E-state index contributed by atoms with van der Waals surface area (Å²) in [6, 6.07) is 3.85. The van der Waals surface area contributed by atoms with Crippen molar-refractivity contribution in [1.82, 2.24) is 4.98 Å². The van der Waals surface area contributed by atoms with E-state index in [1.54, 1.807) is 0 Å². The summed E-state index contributed by atoms with van der Waals surface area (Å²) in [5.41, 5.74) is 2.21. The summed E-state index contributed by atoms with van der Waals surface area (Å²) in [6.07, 6.45) is -1.42. The molecule has 1 aromatic rings. The van der Waals surface area contributed by atoms with Gasteiger partial charge in [-0.2, -0.15) is 0 Å². The number of pyridine rings is 1. The molecule has 0 spiro atoms. The molecule has 0 saturated carbocycles. The maximum Gasteiger partial charge on any atom is 0.0413 e. The fourth-order valence-corrected chi connectivity index (χ4v) is 1.81. The number of nitrogens with zero attached hydrogens (tertiary/aromatic N) is 1. The number of aromatic nitrogens is 1. The second kappa shape index (κ2) is 4.20. The first-order chi connectivity index (χ1) is 7.87. The lowest BCUT2D eigenvalue weighted by atomic mass is 9.85. The van der Waals surface area contributed by atoms with Crippen molar-refractivity contribution in [3.63, 3.8) is 0 Å². The molecule has 1 heteroatoms. The molecule has 1 aromatic heterocycles. The molecule has 0 fully saturated rings. The minimum atomic E-state index is -1.42. The molecule has 16 heavy (non-hydrogen) atoms. The van der Waals surface area contributed by atoms with Crippen molar-refractivity contribution in [2.24, 2.45) is 5.41 Å². The van der Waals surface area contributed by atoms with E-state index in [9.17, 15) is 0 Å². The van der Waals surface area contributed by atoms with Crippen LogP contribution in [-0.4, -0.2) is 4.98 Å². The van der Waals surface area contributed by atoms with E-state index in [2.05, 4.69) is 25.8 Å². The Balaban J connectivity index is 3.29. The smallest absolute Gasteiger partial charge is 0.0413 e. The van der Waals surface area contributed by atoms with Gasteiger partial charge in [0.2, 0.25) is 0 Å². The Kier molecular flexibility index (Phi) is 2.70. The predicted octanol–water partition coefficient (Wildman–Crippen LogP) is 4.28. The zero-order chi connectivity index (χ0) is 14.4. The van der Waals surface area contributed by atoms with Gasteiger partial charge in [0.15, 0.2) is 0 Å². The van der Waals surface area contributed by atoms with E-state index in [4.69, 9.17) is 2.74 Å². The topological polar surface area (TPSA) is 12.9 Å². The lowest BCUT2D eigenvalue weighted by molar-refractivity contribution is 0.405. The molecule has 0 saturated heterocycles. The normalized spacial score (nSPS) is 15.7. The second-order valence-corrected chi connectivity index (χ2v) is 6.45. The molecule has 1 nitrogen and oxygen atoms in total. The van der Waals surface area contributed by atoms with E-state index < -0.39 is 11.8 Å². The molecule has 0 aliphatic carbocycles. The van der Waals surface area contributed by atoms with E-state index in [0.29, 0.717) is 5.69 Å². The molecule has 0 aromatic carbocycles. The van der Waals surface area contributed by atoms with Gasteiger partial charge in [-0.15, -0.1) is 0 Å². The van der Waals surface area contributed by atoms with Crippen LogP contribution in [0.4, 0.5) is 0 Å². The number of aryl methyl sites for hydroxylation is 1. The van der Waals surface area contributed by atoms with E-state index in [1.807, 2.05) is 39.8 Å². The highest BCUT2D eigenvalue weighted by molar-refractivity contribution is 5.28. The first-order valence-electron chi connectivity index (χ1n) is 6.86. The number of rotatable bonds is 1. The highest BCUT2D eigenvalue weighted by Crippen LogP contribution is 2.26. The van der Waals surface area contributed by atoms with Gasteiger partial charge in [-0.05, 0) is 35.8 Å². The summed E-state index contributed by atoms with van der Waals surface area (Å²) in [5, 5.41) is 0. The Hall–Kier alpha value is -0.850. The monoisotopic (exact) mass is 221 g/mol. The van der Waals surface area contributed by atoms with Gasteiger partial charge in [-0.3, -0.25) is 4.98 Å². The first-order valence-corrected chi connectivity index (χ1v) is 5.86. The molecule has 1 heterocycles. The maximum absolute atomic E-state index is 8.25. The molecular weight excluding hydrogens is 194 g/mol. The molecule has 0 atom stereocenters. The predicted molar refractivity (Wildman–Crippen MR) is 70.8 cm³/mol. The summed E-state index contributed by atoms with van der Waals surface area (Å²) in [6.45, 7) is 14.1. The first kappa shape index (κ1) is 10.3. The van der Waals surface area contributed by atoms with Gasteiger partial charge < -0.3 is 0 Å². The van der Waals surface area contributed by atoms with Gasteiger partial charge in [0.05, 0.1) is 0 Å². The molecule has 0 aliphatic heterocycles. The van der Waals surface area contributed by atoms with Crippen molar-refractivity contribution in [2.45, 2.75) is 60.3 Å². The third kappa shape index (κ3) is 3.62. The van der Waals surface area contributed by atoms with Crippen molar-refractivity contribution < 1.29 is 2.74 Å². The lowest BCUT2D eigenvalue weighted by Crippen LogP contribution is -2.16. The fourth-order valence-electron chi connectivity index (χ4n) is 1.81. The average molecular weight is 221 g/mol. The highest BCUT2D eigenvalue weighted by Gasteiger charge is 2.18. The van der Waals surface area contributed by atoms with Gasteiger partial charge in [0.1, 0.15) is 0 Å². The summed E-state index contributed by atoms with van der Waals surface area (Å²) >= 11 is 0. The molecule has 0 radical (unpaired) electrons. The number of hydrogen-bond donors (Lipinski definition) is 0. The Morgan fingerprint density at radius 2 is 1.69 bits per heavy atom. The molecule has 90 valence electrons. The van der Waals surface area contributed by atoms with Crippen LogP contribution in [0, 0.1) is 12.3 Å². The van der Waals surface area contributed by atoms with Gasteiger partial charge in [-0.1, -0.05) is 47.6 Å². The van der Waals surface area contributed by atoms with Crippen molar-refractivity contribution in [3.8, 4) is 0 Å². The van der Waals surface area contributed by atoms with Crippen molar-refractivity contribution in [2.75, 3.05) is 0 Å². The van der Waals surface area contributed by atoms with Crippen LogP contribution in [0.5, 0.6) is 0 Å². The van der Waals surface area contributed by atoms with Gasteiger partial charge in [-0.25, -0.2) is 0 Å². The summed E-state index contributed by atoms with van der Waals surface area (Å²) < 4.78 is 16.5. The van der Waals surface area contributed by atoms with Crippen LogP contribution < -0.4 is 0 Å². The van der Waals surface area contributed by atoms with E-state index >= 15 is 0 Å². The maximum atomic E-state index is 8.25. The van der Waals surface area contributed by atoms with Crippen LogP contribution in [0.1, 0.15) is 61.2 Å². The second-order valence-electron chi connectivity index (χ2n) is 6.45. The van der Waals surface area contributed by atoms with Crippen LogP contribution in [0.15, 0.2) is 12.1 Å². The molecule has 1 rings (SSSR count).